The van der Waals surface area contributed by atoms with E-state index in [0.29, 0.717) is 45.2 Å². The second-order valence-corrected chi connectivity index (χ2v) is 17.0. The number of nitrogens with one attached hydrogen (secondary N) is 2. The van der Waals surface area contributed by atoms with Crippen LogP contribution in [0.15, 0.2) is 60.7 Å². The van der Waals surface area contributed by atoms with Crippen LogP contribution in [-0.2, 0) is 22.6 Å². The predicted molar refractivity (Wildman–Crippen MR) is 211 cm³/mol. The molecule has 3 aliphatic heterocycles. The summed E-state index contributed by atoms with van der Waals surface area (Å²) in [5.41, 5.74) is 1.72. The zero-order valence-electron chi connectivity index (χ0n) is 30.9. The van der Waals surface area contributed by atoms with Crippen LogP contribution in [0.2, 0.25) is 10.0 Å². The second-order valence-electron chi connectivity index (χ2n) is 16.2. The van der Waals surface area contributed by atoms with Crippen LogP contribution in [0.4, 0.5) is 13.2 Å². The van der Waals surface area contributed by atoms with Crippen molar-refractivity contribution in [3.63, 3.8) is 0 Å². The molecule has 6 fully saturated rings. The van der Waals surface area contributed by atoms with Crippen molar-refractivity contribution in [2.75, 3.05) is 6.54 Å². The quantitative estimate of drug-likeness (QED) is 0.155. The Hall–Kier alpha value is -4.14. The fraction of sp³-hybridized carbons (Fsp3) is 0.432. The van der Waals surface area contributed by atoms with E-state index < -0.39 is 47.7 Å². The highest BCUT2D eigenvalue weighted by atomic mass is 35.5. The lowest BCUT2D eigenvalue weighted by Gasteiger charge is -2.37. The Kier molecular flexibility index (Phi) is 9.80. The highest BCUT2D eigenvalue weighted by Crippen LogP contribution is 2.55. The summed E-state index contributed by atoms with van der Waals surface area (Å²) in [7, 11) is 0. The number of nitrogens with zero attached hydrogens (tertiary/aromatic N) is 3. The van der Waals surface area contributed by atoms with Gasteiger partial charge in [-0.2, -0.15) is 5.26 Å². The summed E-state index contributed by atoms with van der Waals surface area (Å²) in [6.45, 7) is 3.42. The van der Waals surface area contributed by atoms with Crippen molar-refractivity contribution in [2.24, 2.45) is 11.8 Å². The van der Waals surface area contributed by atoms with Gasteiger partial charge in [0.25, 0.3) is 5.91 Å². The third-order valence-electron chi connectivity index (χ3n) is 12.6. The van der Waals surface area contributed by atoms with E-state index in [2.05, 4.69) is 16.4 Å². The molecule has 11 rings (SSSR count). The van der Waals surface area contributed by atoms with Gasteiger partial charge in [-0.25, -0.2) is 18.2 Å². The van der Waals surface area contributed by atoms with Crippen molar-refractivity contribution >= 4 is 50.9 Å². The molecule has 5 heterocycles. The van der Waals surface area contributed by atoms with Crippen molar-refractivity contribution in [1.82, 2.24) is 20.2 Å². The molecule has 5 aromatic rings. The van der Waals surface area contributed by atoms with Gasteiger partial charge < -0.3 is 19.9 Å². The molecule has 6 aliphatic rings. The maximum Gasteiger partial charge on any atom is 0.261 e. The number of likely N-dealkylation sites (tertiary alicyclic amines) is 1. The SMILES string of the molecule is C1NC2CC1C2.CC(OCc1ccccc1)c1nc2c(F)c(-c3cccc(Cl)c3Cl)c(CCC#N)cc2c2[nH]c(C3C4CC(CC4F)N3C(=O)C3(F)CC3)cc12. The minimum atomic E-state index is -1.91. The highest BCUT2D eigenvalue weighted by molar-refractivity contribution is 6.43. The van der Waals surface area contributed by atoms with Crippen LogP contribution in [0.1, 0.15) is 86.5 Å². The molecule has 0 radical (unpaired) electrons. The van der Waals surface area contributed by atoms with E-state index in [4.69, 9.17) is 32.9 Å². The average Bonchev–Trinajstić information content (AvgIpc) is 3.80. The number of aryl methyl sites for hydroxylation is 1. The number of H-pyrrole nitrogens is 1. The van der Waals surface area contributed by atoms with E-state index in [1.54, 1.807) is 29.2 Å². The number of pyridine rings is 1. The molecular formula is C44H42Cl2F3N5O2. The van der Waals surface area contributed by atoms with Crippen LogP contribution in [0, 0.1) is 29.0 Å². The molecule has 56 heavy (non-hydrogen) atoms. The summed E-state index contributed by atoms with van der Waals surface area (Å²) in [4.78, 5) is 23.4. The Morgan fingerprint density at radius 3 is 2.55 bits per heavy atom. The molecule has 3 saturated carbocycles. The number of alkyl halides is 2. The first-order valence-electron chi connectivity index (χ1n) is 19.6. The van der Waals surface area contributed by atoms with E-state index in [0.717, 1.165) is 17.5 Å². The number of piperidine rings is 1. The number of amides is 1. The zero-order chi connectivity index (χ0) is 38.9. The summed E-state index contributed by atoms with van der Waals surface area (Å²) in [6.07, 6.45) is 2.50. The van der Waals surface area contributed by atoms with Crippen molar-refractivity contribution in [3.8, 4) is 17.2 Å². The van der Waals surface area contributed by atoms with E-state index >= 15 is 13.2 Å². The number of carbonyl (C=O) groups excluding carboxylic acids is 1. The normalized spacial score (nSPS) is 25.8. The number of halogens is 5. The standard InChI is InChI=1S/C39H33Cl2F3N4O2.C5H9N/c1-20(50-19-21-7-3-2-4-8-21)34-27-18-30(37-25-16-23(17-29(25)42)48(37)38(49)39(44)12-13-39)46-35(27)26-15-22(9-6-14-45)31(33(43)36(26)47-34)24-10-5-11-28(40)32(24)41;1-4-2-5(1)6-3-4/h2-5,7-8,10-11,15,18,20,23,25,29,37,46H,6,9,12-13,16-17,19H2,1H3;4-6H,1-3H2. The van der Waals surface area contributed by atoms with Crippen molar-refractivity contribution < 1.29 is 22.7 Å². The molecular weight excluding hydrogens is 758 g/mol. The van der Waals surface area contributed by atoms with Crippen LogP contribution in [0.3, 0.4) is 0 Å². The number of hydrogen-bond acceptors (Lipinski definition) is 5. The molecule has 1 amide bonds. The monoisotopic (exact) mass is 799 g/mol. The molecule has 5 unspecified atom stereocenters. The van der Waals surface area contributed by atoms with E-state index in [-0.39, 0.29) is 59.8 Å². The lowest BCUT2D eigenvalue weighted by Crippen LogP contribution is -2.47. The fourth-order valence-corrected chi connectivity index (χ4v) is 9.79. The van der Waals surface area contributed by atoms with Gasteiger partial charge in [0.05, 0.1) is 46.1 Å². The number of ether oxygens (including phenoxy) is 1. The van der Waals surface area contributed by atoms with Gasteiger partial charge in [-0.3, -0.25) is 4.79 Å². The number of fused-ring (bicyclic) bond motifs is 6. The maximum atomic E-state index is 17.1. The molecule has 0 spiro atoms. The number of rotatable bonds is 9. The summed E-state index contributed by atoms with van der Waals surface area (Å²) >= 11 is 13.0. The van der Waals surface area contributed by atoms with Crippen molar-refractivity contribution in [1.29, 1.82) is 5.26 Å². The van der Waals surface area contributed by atoms with Gasteiger partial charge >= 0.3 is 0 Å². The highest BCUT2D eigenvalue weighted by Gasteiger charge is 2.61. The molecule has 3 aliphatic carbocycles. The van der Waals surface area contributed by atoms with Crippen LogP contribution < -0.4 is 5.32 Å². The number of nitriles is 1. The van der Waals surface area contributed by atoms with Gasteiger partial charge in [-0.05, 0) is 93.7 Å². The third-order valence-corrected chi connectivity index (χ3v) is 13.4. The minimum Gasteiger partial charge on any atom is -0.368 e. The molecule has 7 nitrogen and oxygen atoms in total. The number of carbonyl (C=O) groups is 1. The number of benzene rings is 3. The van der Waals surface area contributed by atoms with Crippen molar-refractivity contribution in [2.45, 2.75) is 101 Å². The summed E-state index contributed by atoms with van der Waals surface area (Å²) in [5.74, 6) is -0.651. The number of aromatic amines is 1. The summed E-state index contributed by atoms with van der Waals surface area (Å²) < 4.78 is 54.1. The van der Waals surface area contributed by atoms with E-state index in [1.807, 2.05) is 43.3 Å². The molecule has 3 aromatic carbocycles. The zero-order valence-corrected chi connectivity index (χ0v) is 32.4. The summed E-state index contributed by atoms with van der Waals surface area (Å²) in [6, 6.07) is 20.2. The topological polar surface area (TPSA) is 94.0 Å². The van der Waals surface area contributed by atoms with Crippen LogP contribution in [0.5, 0.6) is 0 Å². The van der Waals surface area contributed by atoms with Crippen LogP contribution in [0.25, 0.3) is 32.9 Å². The van der Waals surface area contributed by atoms with Gasteiger partial charge in [0.15, 0.2) is 11.5 Å². The third kappa shape index (κ3) is 6.54. The Labute approximate surface area is 333 Å². The molecule has 2 aromatic heterocycles. The Bertz CT molecular complexity index is 2360. The van der Waals surface area contributed by atoms with E-state index in [9.17, 15) is 10.1 Å². The van der Waals surface area contributed by atoms with E-state index in [1.165, 1.54) is 19.4 Å². The molecule has 3 saturated heterocycles. The van der Waals surface area contributed by atoms with Gasteiger partial charge in [-0.1, -0.05) is 65.7 Å². The minimum absolute atomic E-state index is 0.0488. The lowest BCUT2D eigenvalue weighted by molar-refractivity contribution is -0.144. The second kappa shape index (κ2) is 14.7. The first kappa shape index (κ1) is 37.4. The number of aromatic nitrogens is 2. The lowest BCUT2D eigenvalue weighted by atomic mass is 9.87. The average molecular weight is 801 g/mol. The van der Waals surface area contributed by atoms with Gasteiger partial charge in [0, 0.05) is 52.0 Å². The first-order chi connectivity index (χ1) is 27.0. The smallest absolute Gasteiger partial charge is 0.261 e. The Morgan fingerprint density at radius 1 is 1.09 bits per heavy atom. The van der Waals surface area contributed by atoms with Gasteiger partial charge in [0.1, 0.15) is 11.7 Å². The predicted octanol–water partition coefficient (Wildman–Crippen LogP) is 10.4. The molecule has 2 N–H and O–H groups in total. The molecule has 12 heteroatoms. The molecule has 290 valence electrons. The number of hydrogen-bond donors (Lipinski definition) is 2. The Morgan fingerprint density at radius 2 is 1.88 bits per heavy atom. The maximum absolute atomic E-state index is 17.1. The molecule has 4 bridgehead atoms. The van der Waals surface area contributed by atoms with Crippen LogP contribution in [-0.4, -0.2) is 51.2 Å². The van der Waals surface area contributed by atoms with Gasteiger partial charge in [0.2, 0.25) is 0 Å². The first-order valence-corrected chi connectivity index (χ1v) is 20.3. The molecule has 5 atom stereocenters. The van der Waals surface area contributed by atoms with Gasteiger partial charge in [-0.15, -0.1) is 0 Å². The Balaban J connectivity index is 0.000000617. The summed E-state index contributed by atoms with van der Waals surface area (Å²) in [5, 5.41) is 14.4. The largest absolute Gasteiger partial charge is 0.368 e. The van der Waals surface area contributed by atoms with Crippen molar-refractivity contribution in [3.05, 3.63) is 99.0 Å². The van der Waals surface area contributed by atoms with Crippen LogP contribution >= 0.6 is 23.2 Å². The fourth-order valence-electron chi connectivity index (χ4n) is 9.39.